The SMILES string of the molecule is COc1cc(C)c(Br)cc1C(=O)c1nc[nH]c1C(=O)O. The number of carboxylic acid groups (broad SMARTS) is 1. The highest BCUT2D eigenvalue weighted by Gasteiger charge is 2.24. The summed E-state index contributed by atoms with van der Waals surface area (Å²) in [5, 5.41) is 9.01. The molecule has 0 fully saturated rings. The molecule has 0 unspecified atom stereocenters. The Kier molecular flexibility index (Phi) is 3.89. The first-order valence-corrected chi connectivity index (χ1v) is 6.40. The first-order chi connectivity index (χ1) is 9.45. The third-order valence-corrected chi connectivity index (χ3v) is 3.65. The van der Waals surface area contributed by atoms with E-state index in [0.29, 0.717) is 5.75 Å². The third kappa shape index (κ3) is 2.44. The summed E-state index contributed by atoms with van der Waals surface area (Å²) in [7, 11) is 1.45. The van der Waals surface area contributed by atoms with Crippen LogP contribution in [0.4, 0.5) is 0 Å². The van der Waals surface area contributed by atoms with E-state index < -0.39 is 11.8 Å². The van der Waals surface area contributed by atoms with Crippen molar-refractivity contribution in [2.45, 2.75) is 6.92 Å². The Morgan fingerprint density at radius 2 is 2.10 bits per heavy atom. The second kappa shape index (κ2) is 5.46. The van der Waals surface area contributed by atoms with Gasteiger partial charge in [0.2, 0.25) is 5.78 Å². The lowest BCUT2D eigenvalue weighted by Gasteiger charge is -2.09. The Balaban J connectivity index is 2.56. The molecule has 2 N–H and O–H groups in total. The molecule has 104 valence electrons. The number of H-pyrrole nitrogens is 1. The maximum absolute atomic E-state index is 12.4. The number of carbonyl (C=O) groups is 2. The topological polar surface area (TPSA) is 92.3 Å². The summed E-state index contributed by atoms with van der Waals surface area (Å²) in [6.07, 6.45) is 1.17. The Hall–Kier alpha value is -2.15. The van der Waals surface area contributed by atoms with Crippen molar-refractivity contribution < 1.29 is 19.4 Å². The highest BCUT2D eigenvalue weighted by atomic mass is 79.9. The minimum Gasteiger partial charge on any atom is -0.496 e. The van der Waals surface area contributed by atoms with Crippen LogP contribution in [0.25, 0.3) is 0 Å². The predicted octanol–water partition coefficient (Wildman–Crippen LogP) is 2.42. The van der Waals surface area contributed by atoms with Crippen LogP contribution in [-0.2, 0) is 0 Å². The molecule has 1 heterocycles. The maximum Gasteiger partial charge on any atom is 0.354 e. The van der Waals surface area contributed by atoms with E-state index in [4.69, 9.17) is 9.84 Å². The van der Waals surface area contributed by atoms with Gasteiger partial charge in [0.25, 0.3) is 0 Å². The van der Waals surface area contributed by atoms with E-state index in [0.717, 1.165) is 10.0 Å². The molecule has 0 atom stereocenters. The molecule has 0 bridgehead atoms. The van der Waals surface area contributed by atoms with Gasteiger partial charge in [0.05, 0.1) is 19.0 Å². The normalized spacial score (nSPS) is 10.3. The summed E-state index contributed by atoms with van der Waals surface area (Å²) in [6, 6.07) is 3.29. The van der Waals surface area contributed by atoms with Crippen LogP contribution < -0.4 is 4.74 Å². The van der Waals surface area contributed by atoms with Gasteiger partial charge in [0.15, 0.2) is 5.69 Å². The fourth-order valence-electron chi connectivity index (χ4n) is 1.76. The molecule has 0 saturated heterocycles. The number of ketones is 1. The molecule has 2 aromatic rings. The number of aromatic nitrogens is 2. The zero-order chi connectivity index (χ0) is 14.9. The molecular weight excluding hydrogens is 328 g/mol. The zero-order valence-electron chi connectivity index (χ0n) is 10.7. The minimum absolute atomic E-state index is 0.147. The van der Waals surface area contributed by atoms with Gasteiger partial charge in [-0.05, 0) is 24.6 Å². The Morgan fingerprint density at radius 1 is 1.40 bits per heavy atom. The lowest BCUT2D eigenvalue weighted by atomic mass is 10.0. The molecule has 0 aliphatic carbocycles. The summed E-state index contributed by atoms with van der Waals surface area (Å²) >= 11 is 3.34. The highest BCUT2D eigenvalue weighted by molar-refractivity contribution is 9.10. The molecule has 20 heavy (non-hydrogen) atoms. The van der Waals surface area contributed by atoms with Gasteiger partial charge in [0.1, 0.15) is 11.4 Å². The van der Waals surface area contributed by atoms with Gasteiger partial charge in [-0.1, -0.05) is 15.9 Å². The van der Waals surface area contributed by atoms with Crippen molar-refractivity contribution in [1.82, 2.24) is 9.97 Å². The number of nitrogens with one attached hydrogen (secondary N) is 1. The number of aromatic amines is 1. The Bertz CT molecular complexity index is 694. The lowest BCUT2D eigenvalue weighted by Crippen LogP contribution is -2.11. The molecule has 0 amide bonds. The Labute approximate surface area is 122 Å². The van der Waals surface area contributed by atoms with E-state index in [1.54, 1.807) is 12.1 Å². The first-order valence-electron chi connectivity index (χ1n) is 5.61. The van der Waals surface area contributed by atoms with E-state index in [9.17, 15) is 9.59 Å². The molecule has 0 aliphatic heterocycles. The lowest BCUT2D eigenvalue weighted by molar-refractivity contribution is 0.0687. The molecule has 6 nitrogen and oxygen atoms in total. The average Bonchev–Trinajstić information content (AvgIpc) is 2.90. The number of hydrogen-bond donors (Lipinski definition) is 2. The van der Waals surface area contributed by atoms with Crippen LogP contribution in [0.15, 0.2) is 22.9 Å². The number of nitrogens with zero attached hydrogens (tertiary/aromatic N) is 1. The van der Waals surface area contributed by atoms with Crippen LogP contribution in [0.2, 0.25) is 0 Å². The van der Waals surface area contributed by atoms with E-state index in [-0.39, 0.29) is 17.0 Å². The van der Waals surface area contributed by atoms with Crippen molar-refractivity contribution in [2.75, 3.05) is 7.11 Å². The number of benzene rings is 1. The number of carboxylic acids is 1. The van der Waals surface area contributed by atoms with Crippen LogP contribution in [0.5, 0.6) is 5.75 Å². The van der Waals surface area contributed by atoms with Gasteiger partial charge in [0, 0.05) is 4.47 Å². The van der Waals surface area contributed by atoms with Crippen LogP contribution in [-0.4, -0.2) is 33.9 Å². The minimum atomic E-state index is -1.24. The molecule has 2 rings (SSSR count). The van der Waals surface area contributed by atoms with Crippen LogP contribution in [0, 0.1) is 6.92 Å². The smallest absolute Gasteiger partial charge is 0.354 e. The van der Waals surface area contributed by atoms with Crippen molar-refractivity contribution in [2.24, 2.45) is 0 Å². The summed E-state index contributed by atoms with van der Waals surface area (Å²) in [4.78, 5) is 29.7. The van der Waals surface area contributed by atoms with Crippen molar-refractivity contribution in [3.05, 3.63) is 45.4 Å². The van der Waals surface area contributed by atoms with Crippen molar-refractivity contribution >= 4 is 27.7 Å². The summed E-state index contributed by atoms with van der Waals surface area (Å²) in [5.41, 5.74) is 0.763. The number of methoxy groups -OCH3 is 1. The molecule has 1 aromatic heterocycles. The average molecular weight is 339 g/mol. The van der Waals surface area contributed by atoms with Gasteiger partial charge in [-0.15, -0.1) is 0 Å². The highest BCUT2D eigenvalue weighted by Crippen LogP contribution is 2.28. The standard InChI is InChI=1S/C13H11BrN2O4/c1-6-3-9(20-2)7(4-8(6)14)12(17)10-11(13(18)19)16-5-15-10/h3-5H,1-2H3,(H,15,16)(H,18,19). The maximum atomic E-state index is 12.4. The third-order valence-electron chi connectivity index (χ3n) is 2.79. The fourth-order valence-corrected chi connectivity index (χ4v) is 2.10. The van der Waals surface area contributed by atoms with Crippen LogP contribution >= 0.6 is 15.9 Å². The number of aromatic carboxylic acids is 1. The molecule has 0 saturated carbocycles. The summed E-state index contributed by atoms with van der Waals surface area (Å²) in [5.74, 6) is -1.38. The second-order valence-electron chi connectivity index (χ2n) is 4.06. The summed E-state index contributed by atoms with van der Waals surface area (Å²) in [6.45, 7) is 1.86. The zero-order valence-corrected chi connectivity index (χ0v) is 12.3. The first kappa shape index (κ1) is 14.3. The number of rotatable bonds is 4. The molecule has 0 aliphatic rings. The quantitative estimate of drug-likeness (QED) is 0.835. The van der Waals surface area contributed by atoms with Crippen molar-refractivity contribution in [1.29, 1.82) is 0 Å². The van der Waals surface area contributed by atoms with E-state index >= 15 is 0 Å². The number of carbonyl (C=O) groups excluding carboxylic acids is 1. The monoisotopic (exact) mass is 338 g/mol. The predicted molar refractivity (Wildman–Crippen MR) is 74.4 cm³/mol. The number of ether oxygens (including phenoxy) is 1. The van der Waals surface area contributed by atoms with E-state index in [1.807, 2.05) is 6.92 Å². The number of halogens is 1. The van der Waals surface area contributed by atoms with Crippen molar-refractivity contribution in [3.8, 4) is 5.75 Å². The largest absolute Gasteiger partial charge is 0.496 e. The number of aryl methyl sites for hydroxylation is 1. The molecule has 0 spiro atoms. The number of imidazole rings is 1. The second-order valence-corrected chi connectivity index (χ2v) is 4.92. The molecular formula is C13H11BrN2O4. The van der Waals surface area contributed by atoms with Crippen LogP contribution in [0.1, 0.15) is 32.1 Å². The van der Waals surface area contributed by atoms with Crippen molar-refractivity contribution in [3.63, 3.8) is 0 Å². The van der Waals surface area contributed by atoms with E-state index in [1.165, 1.54) is 13.4 Å². The van der Waals surface area contributed by atoms with E-state index in [2.05, 4.69) is 25.9 Å². The van der Waals surface area contributed by atoms with Gasteiger partial charge in [-0.3, -0.25) is 4.79 Å². The van der Waals surface area contributed by atoms with Crippen LogP contribution in [0.3, 0.4) is 0 Å². The fraction of sp³-hybridized carbons (Fsp3) is 0.154. The molecule has 0 radical (unpaired) electrons. The van der Waals surface area contributed by atoms with Gasteiger partial charge < -0.3 is 14.8 Å². The number of hydrogen-bond acceptors (Lipinski definition) is 4. The van der Waals surface area contributed by atoms with Gasteiger partial charge in [-0.25, -0.2) is 9.78 Å². The Morgan fingerprint density at radius 3 is 2.70 bits per heavy atom. The molecule has 1 aromatic carbocycles. The van der Waals surface area contributed by atoms with Gasteiger partial charge in [-0.2, -0.15) is 0 Å². The van der Waals surface area contributed by atoms with Gasteiger partial charge >= 0.3 is 5.97 Å². The molecule has 7 heteroatoms. The summed E-state index contributed by atoms with van der Waals surface area (Å²) < 4.78 is 5.90.